The van der Waals surface area contributed by atoms with E-state index in [1.165, 1.54) is 10.9 Å². The molecule has 17 heavy (non-hydrogen) atoms. The summed E-state index contributed by atoms with van der Waals surface area (Å²) in [5, 5.41) is 1.30. The SMILES string of the molecule is COCCOCCCn1ccc2ccccc21. The van der Waals surface area contributed by atoms with Crippen molar-refractivity contribution in [1.29, 1.82) is 0 Å². The first-order chi connectivity index (χ1) is 8.42. The molecule has 0 aliphatic carbocycles. The molecular weight excluding hydrogens is 214 g/mol. The summed E-state index contributed by atoms with van der Waals surface area (Å²) < 4.78 is 12.6. The molecule has 0 aliphatic rings. The zero-order valence-electron chi connectivity index (χ0n) is 10.3. The fourth-order valence-corrected chi connectivity index (χ4v) is 1.92. The fourth-order valence-electron chi connectivity index (χ4n) is 1.92. The maximum Gasteiger partial charge on any atom is 0.0700 e. The molecule has 0 saturated heterocycles. The first-order valence-electron chi connectivity index (χ1n) is 6.02. The summed E-state index contributed by atoms with van der Waals surface area (Å²) in [6.07, 6.45) is 3.17. The van der Waals surface area contributed by atoms with E-state index in [0.717, 1.165) is 19.6 Å². The van der Waals surface area contributed by atoms with Gasteiger partial charge in [-0.25, -0.2) is 0 Å². The summed E-state index contributed by atoms with van der Waals surface area (Å²) in [6, 6.07) is 10.6. The summed E-state index contributed by atoms with van der Waals surface area (Å²) in [5.74, 6) is 0. The third-order valence-electron chi connectivity index (χ3n) is 2.80. The second-order valence-corrected chi connectivity index (χ2v) is 4.03. The Labute approximate surface area is 102 Å². The van der Waals surface area contributed by atoms with E-state index in [9.17, 15) is 0 Å². The lowest BCUT2D eigenvalue weighted by Gasteiger charge is -2.06. The number of nitrogens with zero attached hydrogens (tertiary/aromatic N) is 1. The largest absolute Gasteiger partial charge is 0.382 e. The van der Waals surface area contributed by atoms with Crippen molar-refractivity contribution in [3.8, 4) is 0 Å². The number of fused-ring (bicyclic) bond motifs is 1. The van der Waals surface area contributed by atoms with Crippen LogP contribution in [0.5, 0.6) is 0 Å². The zero-order chi connectivity index (χ0) is 11.9. The molecule has 0 unspecified atom stereocenters. The Morgan fingerprint density at radius 1 is 1.06 bits per heavy atom. The summed E-state index contributed by atoms with van der Waals surface area (Å²) in [4.78, 5) is 0. The van der Waals surface area contributed by atoms with Gasteiger partial charge in [0.25, 0.3) is 0 Å². The molecule has 2 aromatic rings. The highest BCUT2D eigenvalue weighted by molar-refractivity contribution is 5.79. The molecule has 2 rings (SSSR count). The van der Waals surface area contributed by atoms with Gasteiger partial charge in [-0.1, -0.05) is 18.2 Å². The second kappa shape index (κ2) is 6.42. The normalized spacial score (nSPS) is 11.1. The minimum atomic E-state index is 0.673. The molecular formula is C14H19NO2. The maximum atomic E-state index is 5.45. The highest BCUT2D eigenvalue weighted by atomic mass is 16.5. The van der Waals surface area contributed by atoms with Crippen molar-refractivity contribution in [2.24, 2.45) is 0 Å². The van der Waals surface area contributed by atoms with Crippen LogP contribution in [0.3, 0.4) is 0 Å². The van der Waals surface area contributed by atoms with Gasteiger partial charge in [0, 0.05) is 32.0 Å². The highest BCUT2D eigenvalue weighted by Gasteiger charge is 1.99. The minimum absolute atomic E-state index is 0.673. The molecule has 1 aromatic carbocycles. The summed E-state index contributed by atoms with van der Waals surface area (Å²) in [5.41, 5.74) is 1.30. The topological polar surface area (TPSA) is 23.4 Å². The van der Waals surface area contributed by atoms with Crippen LogP contribution in [-0.2, 0) is 16.0 Å². The van der Waals surface area contributed by atoms with Gasteiger partial charge in [0.2, 0.25) is 0 Å². The fraction of sp³-hybridized carbons (Fsp3) is 0.429. The van der Waals surface area contributed by atoms with E-state index in [4.69, 9.17) is 9.47 Å². The highest BCUT2D eigenvalue weighted by Crippen LogP contribution is 2.15. The average molecular weight is 233 g/mol. The lowest BCUT2D eigenvalue weighted by atomic mass is 10.2. The molecule has 0 bridgehead atoms. The van der Waals surface area contributed by atoms with Gasteiger partial charge in [-0.05, 0) is 23.9 Å². The first-order valence-corrected chi connectivity index (χ1v) is 6.02. The number of rotatable bonds is 7. The van der Waals surface area contributed by atoms with Crippen LogP contribution < -0.4 is 0 Å². The van der Waals surface area contributed by atoms with Crippen molar-refractivity contribution in [2.45, 2.75) is 13.0 Å². The second-order valence-electron chi connectivity index (χ2n) is 4.03. The standard InChI is InChI=1S/C14H19NO2/c1-16-11-12-17-10-4-8-15-9-7-13-5-2-3-6-14(13)15/h2-3,5-7,9H,4,8,10-12H2,1H3. The Kier molecular flexibility index (Phi) is 4.59. The van der Waals surface area contributed by atoms with Gasteiger partial charge in [-0.2, -0.15) is 0 Å². The van der Waals surface area contributed by atoms with Crippen molar-refractivity contribution in [3.05, 3.63) is 36.5 Å². The van der Waals surface area contributed by atoms with Crippen LogP contribution >= 0.6 is 0 Å². The van der Waals surface area contributed by atoms with Crippen LogP contribution in [0.1, 0.15) is 6.42 Å². The van der Waals surface area contributed by atoms with Gasteiger partial charge < -0.3 is 14.0 Å². The van der Waals surface area contributed by atoms with Gasteiger partial charge in [0.1, 0.15) is 0 Å². The predicted octanol–water partition coefficient (Wildman–Crippen LogP) is 2.69. The molecule has 0 aliphatic heterocycles. The number of hydrogen-bond acceptors (Lipinski definition) is 2. The smallest absolute Gasteiger partial charge is 0.0700 e. The average Bonchev–Trinajstić information content (AvgIpc) is 2.77. The number of para-hydroxylation sites is 1. The van der Waals surface area contributed by atoms with E-state index in [1.807, 2.05) is 0 Å². The molecule has 0 radical (unpaired) electrons. The third-order valence-corrected chi connectivity index (χ3v) is 2.80. The Bertz CT molecular complexity index is 450. The molecule has 1 aromatic heterocycles. The van der Waals surface area contributed by atoms with Crippen LogP contribution in [0, 0.1) is 0 Å². The molecule has 0 saturated carbocycles. The number of aryl methyl sites for hydroxylation is 1. The number of methoxy groups -OCH3 is 1. The summed E-state index contributed by atoms with van der Waals surface area (Å²) in [6.45, 7) is 3.14. The van der Waals surface area contributed by atoms with E-state index in [2.05, 4.69) is 41.1 Å². The molecule has 0 fully saturated rings. The van der Waals surface area contributed by atoms with Gasteiger partial charge >= 0.3 is 0 Å². The van der Waals surface area contributed by atoms with Crippen molar-refractivity contribution >= 4 is 10.9 Å². The van der Waals surface area contributed by atoms with Gasteiger partial charge in [0.15, 0.2) is 0 Å². The maximum absolute atomic E-state index is 5.45. The van der Waals surface area contributed by atoms with E-state index in [-0.39, 0.29) is 0 Å². The van der Waals surface area contributed by atoms with Gasteiger partial charge in [-0.15, -0.1) is 0 Å². The Balaban J connectivity index is 1.79. The van der Waals surface area contributed by atoms with Crippen molar-refractivity contribution < 1.29 is 9.47 Å². The Morgan fingerprint density at radius 2 is 1.94 bits per heavy atom. The summed E-state index contributed by atoms with van der Waals surface area (Å²) >= 11 is 0. The van der Waals surface area contributed by atoms with Crippen LogP contribution in [-0.4, -0.2) is 31.5 Å². The Hall–Kier alpha value is -1.32. The van der Waals surface area contributed by atoms with Crippen LogP contribution in [0.2, 0.25) is 0 Å². The molecule has 3 nitrogen and oxygen atoms in total. The lowest BCUT2D eigenvalue weighted by Crippen LogP contribution is -2.05. The molecule has 3 heteroatoms. The van der Waals surface area contributed by atoms with E-state index in [1.54, 1.807) is 7.11 Å². The van der Waals surface area contributed by atoms with Crippen molar-refractivity contribution in [3.63, 3.8) is 0 Å². The molecule has 0 spiro atoms. The van der Waals surface area contributed by atoms with E-state index >= 15 is 0 Å². The quantitative estimate of drug-likeness (QED) is 0.686. The van der Waals surface area contributed by atoms with Crippen LogP contribution in [0.25, 0.3) is 10.9 Å². The third kappa shape index (κ3) is 3.32. The van der Waals surface area contributed by atoms with Gasteiger partial charge in [-0.3, -0.25) is 0 Å². The van der Waals surface area contributed by atoms with Crippen molar-refractivity contribution in [1.82, 2.24) is 4.57 Å². The molecule has 0 N–H and O–H groups in total. The molecule has 0 atom stereocenters. The number of benzene rings is 1. The number of ether oxygens (including phenoxy) is 2. The minimum Gasteiger partial charge on any atom is -0.382 e. The monoisotopic (exact) mass is 233 g/mol. The molecule has 92 valence electrons. The number of hydrogen-bond donors (Lipinski definition) is 0. The summed E-state index contributed by atoms with van der Waals surface area (Å²) in [7, 11) is 1.69. The van der Waals surface area contributed by atoms with E-state index in [0.29, 0.717) is 13.2 Å². The Morgan fingerprint density at radius 3 is 2.82 bits per heavy atom. The molecule has 0 amide bonds. The number of aromatic nitrogens is 1. The predicted molar refractivity (Wildman–Crippen MR) is 69.3 cm³/mol. The first kappa shape index (κ1) is 12.1. The van der Waals surface area contributed by atoms with Crippen LogP contribution in [0.4, 0.5) is 0 Å². The van der Waals surface area contributed by atoms with Gasteiger partial charge in [0.05, 0.1) is 13.2 Å². The van der Waals surface area contributed by atoms with Crippen LogP contribution in [0.15, 0.2) is 36.5 Å². The van der Waals surface area contributed by atoms with Crippen molar-refractivity contribution in [2.75, 3.05) is 26.9 Å². The molecule has 1 heterocycles. The van der Waals surface area contributed by atoms with E-state index < -0.39 is 0 Å². The lowest BCUT2D eigenvalue weighted by molar-refractivity contribution is 0.0681. The zero-order valence-corrected chi connectivity index (χ0v) is 10.3.